The summed E-state index contributed by atoms with van der Waals surface area (Å²) in [5.74, 6) is 0.978. The molecule has 0 aromatic heterocycles. The van der Waals surface area contributed by atoms with Gasteiger partial charge in [-0.3, -0.25) is 0 Å². The molecule has 1 heterocycles. The van der Waals surface area contributed by atoms with E-state index in [2.05, 4.69) is 49.5 Å². The number of hydrogen-bond donors (Lipinski definition) is 1. The van der Waals surface area contributed by atoms with Crippen molar-refractivity contribution in [2.75, 3.05) is 19.0 Å². The maximum absolute atomic E-state index is 5.40. The Morgan fingerprint density at radius 2 is 1.95 bits per heavy atom. The predicted molar refractivity (Wildman–Crippen MR) is 88.5 cm³/mol. The number of anilines is 1. The zero-order valence-corrected chi connectivity index (χ0v) is 13.1. The highest BCUT2D eigenvalue weighted by atomic mass is 16.5. The van der Waals surface area contributed by atoms with E-state index in [1.165, 1.54) is 46.3 Å². The summed E-state index contributed by atoms with van der Waals surface area (Å²) in [5, 5.41) is 3.47. The van der Waals surface area contributed by atoms with Gasteiger partial charge in [-0.1, -0.05) is 18.2 Å². The van der Waals surface area contributed by atoms with Crippen LogP contribution in [-0.4, -0.2) is 13.7 Å². The van der Waals surface area contributed by atoms with Gasteiger partial charge in [0, 0.05) is 12.2 Å². The first-order valence-electron chi connectivity index (χ1n) is 7.67. The molecule has 2 aromatic rings. The molecular formula is C19H23NO. The number of hydrogen-bond acceptors (Lipinski definition) is 2. The summed E-state index contributed by atoms with van der Waals surface area (Å²) >= 11 is 0. The van der Waals surface area contributed by atoms with E-state index in [9.17, 15) is 0 Å². The molecule has 0 amide bonds. The number of fused-ring (bicyclic) bond motifs is 1. The third kappa shape index (κ3) is 2.90. The van der Waals surface area contributed by atoms with Crippen molar-refractivity contribution in [2.24, 2.45) is 0 Å². The fourth-order valence-corrected chi connectivity index (χ4v) is 3.12. The Hall–Kier alpha value is -1.96. The van der Waals surface area contributed by atoms with Crippen LogP contribution in [-0.2, 0) is 12.8 Å². The summed E-state index contributed by atoms with van der Waals surface area (Å²) in [6.45, 7) is 5.37. The average Bonchev–Trinajstić information content (AvgIpc) is 2.50. The van der Waals surface area contributed by atoms with Crippen molar-refractivity contribution in [1.82, 2.24) is 0 Å². The van der Waals surface area contributed by atoms with Crippen LogP contribution in [0.2, 0.25) is 0 Å². The second kappa shape index (κ2) is 5.80. The first kappa shape index (κ1) is 14.0. The standard InChI is InChI=1S/C19H23NO/c1-13-10-19(21-3)14(2)9-17(13)12-15-6-7-18-16(11-15)5-4-8-20-18/h6-7,9-11,20H,4-5,8,12H2,1-3H3. The highest BCUT2D eigenvalue weighted by Gasteiger charge is 2.10. The molecule has 0 aliphatic carbocycles. The van der Waals surface area contributed by atoms with E-state index in [1.54, 1.807) is 7.11 Å². The SMILES string of the molecule is COc1cc(C)c(Cc2ccc3c(c2)CCCN3)cc1C. The molecule has 0 radical (unpaired) electrons. The number of nitrogens with one attached hydrogen (secondary N) is 1. The van der Waals surface area contributed by atoms with Crippen LogP contribution >= 0.6 is 0 Å². The zero-order valence-electron chi connectivity index (χ0n) is 13.1. The van der Waals surface area contributed by atoms with Gasteiger partial charge in [-0.2, -0.15) is 0 Å². The fourth-order valence-electron chi connectivity index (χ4n) is 3.12. The maximum Gasteiger partial charge on any atom is 0.122 e. The van der Waals surface area contributed by atoms with Gasteiger partial charge in [-0.05, 0) is 73.1 Å². The van der Waals surface area contributed by atoms with Crippen LogP contribution < -0.4 is 10.1 Å². The van der Waals surface area contributed by atoms with Crippen molar-refractivity contribution in [3.05, 3.63) is 58.1 Å². The lowest BCUT2D eigenvalue weighted by Crippen LogP contribution is -2.11. The Labute approximate surface area is 127 Å². The second-order valence-corrected chi connectivity index (χ2v) is 5.95. The van der Waals surface area contributed by atoms with Gasteiger partial charge in [0.2, 0.25) is 0 Å². The van der Waals surface area contributed by atoms with Gasteiger partial charge in [0.1, 0.15) is 5.75 Å². The molecule has 0 spiro atoms. The van der Waals surface area contributed by atoms with E-state index >= 15 is 0 Å². The summed E-state index contributed by atoms with van der Waals surface area (Å²) in [5.41, 5.74) is 8.06. The van der Waals surface area contributed by atoms with Gasteiger partial charge in [0.25, 0.3) is 0 Å². The molecule has 1 aliphatic rings. The van der Waals surface area contributed by atoms with Crippen LogP contribution in [0.25, 0.3) is 0 Å². The minimum Gasteiger partial charge on any atom is -0.496 e. The number of benzene rings is 2. The lowest BCUT2D eigenvalue weighted by Gasteiger charge is -2.19. The van der Waals surface area contributed by atoms with Gasteiger partial charge >= 0.3 is 0 Å². The zero-order chi connectivity index (χ0) is 14.8. The average molecular weight is 281 g/mol. The predicted octanol–water partition coefficient (Wildman–Crippen LogP) is 4.26. The normalized spacial score (nSPS) is 13.5. The topological polar surface area (TPSA) is 21.3 Å². The highest BCUT2D eigenvalue weighted by Crippen LogP contribution is 2.27. The van der Waals surface area contributed by atoms with E-state index in [0.29, 0.717) is 0 Å². The van der Waals surface area contributed by atoms with E-state index in [-0.39, 0.29) is 0 Å². The molecule has 0 unspecified atom stereocenters. The number of ether oxygens (including phenoxy) is 1. The molecule has 110 valence electrons. The summed E-state index contributed by atoms with van der Waals surface area (Å²) in [6, 6.07) is 11.2. The number of rotatable bonds is 3. The molecule has 2 nitrogen and oxygen atoms in total. The monoisotopic (exact) mass is 281 g/mol. The van der Waals surface area contributed by atoms with Crippen molar-refractivity contribution >= 4 is 5.69 Å². The van der Waals surface area contributed by atoms with E-state index in [0.717, 1.165) is 18.7 Å². The quantitative estimate of drug-likeness (QED) is 0.907. The molecule has 0 atom stereocenters. The molecule has 1 aliphatic heterocycles. The lowest BCUT2D eigenvalue weighted by molar-refractivity contribution is 0.411. The third-order valence-corrected chi connectivity index (χ3v) is 4.36. The molecule has 21 heavy (non-hydrogen) atoms. The summed E-state index contributed by atoms with van der Waals surface area (Å²) in [7, 11) is 1.73. The Balaban J connectivity index is 1.88. The van der Waals surface area contributed by atoms with Crippen molar-refractivity contribution in [1.29, 1.82) is 0 Å². The van der Waals surface area contributed by atoms with Crippen LogP contribution in [0.15, 0.2) is 30.3 Å². The van der Waals surface area contributed by atoms with Gasteiger partial charge in [0.15, 0.2) is 0 Å². The molecule has 0 fully saturated rings. The van der Waals surface area contributed by atoms with Crippen molar-refractivity contribution < 1.29 is 4.74 Å². The highest BCUT2D eigenvalue weighted by molar-refractivity contribution is 5.55. The minimum absolute atomic E-state index is 0.978. The first-order valence-corrected chi connectivity index (χ1v) is 7.67. The number of aryl methyl sites for hydroxylation is 3. The molecule has 0 bridgehead atoms. The molecule has 3 rings (SSSR count). The van der Waals surface area contributed by atoms with Crippen LogP contribution in [0, 0.1) is 13.8 Å². The smallest absolute Gasteiger partial charge is 0.122 e. The largest absolute Gasteiger partial charge is 0.496 e. The van der Waals surface area contributed by atoms with Crippen molar-refractivity contribution in [2.45, 2.75) is 33.1 Å². The molecule has 0 saturated heterocycles. The molecular weight excluding hydrogens is 258 g/mol. The van der Waals surface area contributed by atoms with Gasteiger partial charge in [0.05, 0.1) is 7.11 Å². The first-order chi connectivity index (χ1) is 10.2. The summed E-state index contributed by atoms with van der Waals surface area (Å²) in [6.07, 6.45) is 3.41. The van der Waals surface area contributed by atoms with E-state index in [4.69, 9.17) is 4.74 Å². The van der Waals surface area contributed by atoms with Crippen molar-refractivity contribution in [3.63, 3.8) is 0 Å². The van der Waals surface area contributed by atoms with Crippen LogP contribution in [0.1, 0.15) is 34.2 Å². The van der Waals surface area contributed by atoms with Gasteiger partial charge < -0.3 is 10.1 Å². The van der Waals surface area contributed by atoms with Gasteiger partial charge in [-0.25, -0.2) is 0 Å². The van der Waals surface area contributed by atoms with Crippen molar-refractivity contribution in [3.8, 4) is 5.75 Å². The Morgan fingerprint density at radius 1 is 1.10 bits per heavy atom. The van der Waals surface area contributed by atoms with E-state index in [1.807, 2.05) is 0 Å². The third-order valence-electron chi connectivity index (χ3n) is 4.36. The Kier molecular flexibility index (Phi) is 3.87. The molecule has 1 N–H and O–H groups in total. The Morgan fingerprint density at radius 3 is 2.76 bits per heavy atom. The molecule has 0 saturated carbocycles. The van der Waals surface area contributed by atoms with Crippen LogP contribution in [0.4, 0.5) is 5.69 Å². The van der Waals surface area contributed by atoms with Gasteiger partial charge in [-0.15, -0.1) is 0 Å². The second-order valence-electron chi connectivity index (χ2n) is 5.95. The van der Waals surface area contributed by atoms with Crippen LogP contribution in [0.3, 0.4) is 0 Å². The number of methoxy groups -OCH3 is 1. The maximum atomic E-state index is 5.40. The van der Waals surface area contributed by atoms with E-state index < -0.39 is 0 Å². The summed E-state index contributed by atoms with van der Waals surface area (Å²) < 4.78 is 5.40. The molecule has 2 aromatic carbocycles. The molecule has 2 heteroatoms. The van der Waals surface area contributed by atoms with Crippen LogP contribution in [0.5, 0.6) is 5.75 Å². The Bertz CT molecular complexity index is 661. The fraction of sp³-hybridized carbons (Fsp3) is 0.368. The minimum atomic E-state index is 0.978. The lowest BCUT2D eigenvalue weighted by atomic mass is 9.94. The summed E-state index contributed by atoms with van der Waals surface area (Å²) in [4.78, 5) is 0.